The Bertz CT molecular complexity index is 893. The third kappa shape index (κ3) is 5.52. The molecule has 7 nitrogen and oxygen atoms in total. The quantitative estimate of drug-likeness (QED) is 0.305. The lowest BCUT2D eigenvalue weighted by molar-refractivity contribution is -0.384. The molecule has 0 saturated carbocycles. The van der Waals surface area contributed by atoms with E-state index in [1.165, 1.54) is 0 Å². The fourth-order valence-corrected chi connectivity index (χ4v) is 2.35. The molecule has 2 rings (SSSR count). The van der Waals surface area contributed by atoms with Gasteiger partial charge in [0.2, 0.25) is 0 Å². The zero-order valence-electron chi connectivity index (χ0n) is 14.0. The summed E-state index contributed by atoms with van der Waals surface area (Å²) in [4.78, 5) is 25.5. The molecule has 1 heterocycles. The van der Waals surface area contributed by atoms with Crippen molar-refractivity contribution in [2.45, 2.75) is 12.6 Å². The summed E-state index contributed by atoms with van der Waals surface area (Å²) in [5.41, 5.74) is -1.86. The van der Waals surface area contributed by atoms with Crippen LogP contribution in [0.1, 0.15) is 22.3 Å². The zero-order chi connectivity index (χ0) is 20.9. The number of alkyl halides is 3. The van der Waals surface area contributed by atoms with E-state index >= 15 is 0 Å². The van der Waals surface area contributed by atoms with Crippen LogP contribution in [0, 0.1) is 15.9 Å². The largest absolute Gasteiger partial charge is 0.417 e. The van der Waals surface area contributed by atoms with Crippen molar-refractivity contribution in [2.75, 3.05) is 18.4 Å². The highest BCUT2D eigenvalue weighted by molar-refractivity contribution is 6.32. The molecule has 0 fully saturated rings. The summed E-state index contributed by atoms with van der Waals surface area (Å²) in [5.74, 6) is -1.68. The second-order valence-corrected chi connectivity index (χ2v) is 5.92. The molecule has 0 atom stereocenters. The third-order valence-corrected chi connectivity index (χ3v) is 3.79. The highest BCUT2D eigenvalue weighted by atomic mass is 35.5. The number of hydrogen-bond donors (Lipinski definition) is 2. The third-order valence-electron chi connectivity index (χ3n) is 3.51. The number of benzene rings is 1. The molecule has 0 aliphatic carbocycles. The smallest absolute Gasteiger partial charge is 0.369 e. The number of carbonyl (C=O) groups excluding carboxylic acids is 1. The van der Waals surface area contributed by atoms with Crippen molar-refractivity contribution in [2.24, 2.45) is 0 Å². The van der Waals surface area contributed by atoms with E-state index in [-0.39, 0.29) is 23.9 Å². The number of anilines is 1. The molecule has 0 bridgehead atoms. The van der Waals surface area contributed by atoms with Gasteiger partial charge in [-0.2, -0.15) is 13.2 Å². The molecule has 1 amide bonds. The molecule has 0 aliphatic heterocycles. The lowest BCUT2D eigenvalue weighted by atomic mass is 10.1. The van der Waals surface area contributed by atoms with E-state index in [1.54, 1.807) is 0 Å². The molecule has 0 unspecified atom stereocenters. The Morgan fingerprint density at radius 2 is 1.96 bits per heavy atom. The second-order valence-electron chi connectivity index (χ2n) is 5.51. The van der Waals surface area contributed by atoms with Crippen molar-refractivity contribution < 1.29 is 27.3 Å². The number of nitro groups is 1. The van der Waals surface area contributed by atoms with Crippen LogP contribution in [0.15, 0.2) is 30.5 Å². The fourth-order valence-electron chi connectivity index (χ4n) is 2.12. The van der Waals surface area contributed by atoms with Crippen LogP contribution < -0.4 is 10.6 Å². The second kappa shape index (κ2) is 8.83. The number of hydrogen-bond acceptors (Lipinski definition) is 5. The van der Waals surface area contributed by atoms with E-state index < -0.39 is 39.6 Å². The number of aromatic nitrogens is 1. The summed E-state index contributed by atoms with van der Waals surface area (Å²) in [6.45, 7) is 0.280. The standard InChI is InChI=1S/C16H13ClF4N4O3/c17-12-6-9(16(19,20)21)8-24-14(12)22-4-1-5-23-15(26)11-7-10(25(27)28)2-3-13(11)18/h2-3,6-8H,1,4-5H2,(H,22,24)(H,23,26). The Balaban J connectivity index is 1.84. The molecular weight excluding hydrogens is 408 g/mol. The van der Waals surface area contributed by atoms with Crippen molar-refractivity contribution in [3.8, 4) is 0 Å². The highest BCUT2D eigenvalue weighted by Gasteiger charge is 2.31. The Morgan fingerprint density at radius 1 is 1.25 bits per heavy atom. The number of amides is 1. The topological polar surface area (TPSA) is 97.2 Å². The number of nitrogens with zero attached hydrogens (tertiary/aromatic N) is 2. The highest BCUT2D eigenvalue weighted by Crippen LogP contribution is 2.32. The van der Waals surface area contributed by atoms with Crippen LogP contribution in [0.4, 0.5) is 29.1 Å². The van der Waals surface area contributed by atoms with Crippen LogP contribution in [-0.4, -0.2) is 28.9 Å². The first kappa shape index (κ1) is 21.4. The summed E-state index contributed by atoms with van der Waals surface area (Å²) in [6.07, 6.45) is -3.61. The lowest BCUT2D eigenvalue weighted by Gasteiger charge is -2.11. The van der Waals surface area contributed by atoms with Crippen molar-refractivity contribution in [3.05, 3.63) is 62.5 Å². The molecule has 1 aromatic heterocycles. The predicted octanol–water partition coefficient (Wildman–Crippen LogP) is 4.03. The van der Waals surface area contributed by atoms with Gasteiger partial charge in [0, 0.05) is 31.4 Å². The number of non-ortho nitro benzene ring substituents is 1. The van der Waals surface area contributed by atoms with Crippen LogP contribution in [0.5, 0.6) is 0 Å². The van der Waals surface area contributed by atoms with E-state index in [0.29, 0.717) is 12.6 Å². The first-order chi connectivity index (χ1) is 13.1. The predicted molar refractivity (Wildman–Crippen MR) is 92.7 cm³/mol. The maximum Gasteiger partial charge on any atom is 0.417 e. The first-order valence-corrected chi connectivity index (χ1v) is 8.16. The number of halogens is 5. The van der Waals surface area contributed by atoms with Crippen molar-refractivity contribution >= 4 is 29.0 Å². The number of pyridine rings is 1. The van der Waals surface area contributed by atoms with E-state index in [1.807, 2.05) is 0 Å². The summed E-state index contributed by atoms with van der Waals surface area (Å²) in [7, 11) is 0. The number of nitrogens with one attached hydrogen (secondary N) is 2. The van der Waals surface area contributed by atoms with Crippen molar-refractivity contribution in [1.29, 1.82) is 0 Å². The van der Waals surface area contributed by atoms with E-state index in [4.69, 9.17) is 11.6 Å². The van der Waals surface area contributed by atoms with Gasteiger partial charge < -0.3 is 10.6 Å². The van der Waals surface area contributed by atoms with Crippen molar-refractivity contribution in [1.82, 2.24) is 10.3 Å². The average molecular weight is 421 g/mol. The van der Waals surface area contributed by atoms with Crippen LogP contribution >= 0.6 is 11.6 Å². The maximum absolute atomic E-state index is 13.6. The summed E-state index contributed by atoms with van der Waals surface area (Å²) < 4.78 is 51.3. The average Bonchev–Trinajstić information content (AvgIpc) is 2.61. The van der Waals surface area contributed by atoms with Gasteiger partial charge in [-0.25, -0.2) is 9.37 Å². The van der Waals surface area contributed by atoms with Gasteiger partial charge in [-0.15, -0.1) is 0 Å². The minimum absolute atomic E-state index is 0.0470. The van der Waals surface area contributed by atoms with Crippen LogP contribution in [-0.2, 0) is 6.18 Å². The minimum atomic E-state index is -4.55. The SMILES string of the molecule is O=C(NCCCNc1ncc(C(F)(F)F)cc1Cl)c1cc([N+](=O)[O-])ccc1F. The number of rotatable bonds is 7. The van der Waals surface area contributed by atoms with Crippen LogP contribution in [0.25, 0.3) is 0 Å². The summed E-state index contributed by atoms with van der Waals surface area (Å²) in [6, 6.07) is 3.34. The van der Waals surface area contributed by atoms with E-state index in [0.717, 1.165) is 24.3 Å². The van der Waals surface area contributed by atoms with Gasteiger partial charge in [0.05, 0.1) is 21.1 Å². The van der Waals surface area contributed by atoms with Gasteiger partial charge in [0.25, 0.3) is 11.6 Å². The molecular formula is C16H13ClF4N4O3. The van der Waals surface area contributed by atoms with Crippen molar-refractivity contribution in [3.63, 3.8) is 0 Å². The van der Waals surface area contributed by atoms with Gasteiger partial charge >= 0.3 is 6.18 Å². The van der Waals surface area contributed by atoms with Crippen LogP contribution in [0.2, 0.25) is 5.02 Å². The number of carbonyl (C=O) groups is 1. The summed E-state index contributed by atoms with van der Waals surface area (Å²) in [5, 5.41) is 15.6. The molecule has 0 spiro atoms. The Hall–Kier alpha value is -2.95. The number of nitro benzene ring substituents is 1. The van der Waals surface area contributed by atoms with Crippen LogP contribution in [0.3, 0.4) is 0 Å². The molecule has 2 aromatic rings. The Kier molecular flexibility index (Phi) is 6.73. The van der Waals surface area contributed by atoms with E-state index in [2.05, 4.69) is 15.6 Å². The zero-order valence-corrected chi connectivity index (χ0v) is 14.8. The van der Waals surface area contributed by atoms with Gasteiger partial charge in [-0.05, 0) is 18.6 Å². The molecule has 28 heavy (non-hydrogen) atoms. The molecule has 0 aliphatic rings. The monoisotopic (exact) mass is 420 g/mol. The minimum Gasteiger partial charge on any atom is -0.369 e. The first-order valence-electron chi connectivity index (χ1n) is 7.78. The molecule has 150 valence electrons. The molecule has 1 aromatic carbocycles. The Labute approximate surface area is 160 Å². The fraction of sp³-hybridized carbons (Fsp3) is 0.250. The maximum atomic E-state index is 13.6. The summed E-state index contributed by atoms with van der Waals surface area (Å²) >= 11 is 5.75. The molecule has 0 radical (unpaired) electrons. The molecule has 12 heteroatoms. The van der Waals surface area contributed by atoms with Gasteiger partial charge in [-0.1, -0.05) is 11.6 Å². The molecule has 0 saturated heterocycles. The normalized spacial score (nSPS) is 11.2. The van der Waals surface area contributed by atoms with E-state index in [9.17, 15) is 32.5 Å². The van der Waals surface area contributed by atoms with Gasteiger partial charge in [0.1, 0.15) is 11.6 Å². The lowest BCUT2D eigenvalue weighted by Crippen LogP contribution is -2.26. The van der Waals surface area contributed by atoms with Gasteiger partial charge in [-0.3, -0.25) is 14.9 Å². The molecule has 2 N–H and O–H groups in total. The van der Waals surface area contributed by atoms with Gasteiger partial charge in [0.15, 0.2) is 0 Å². The Morgan fingerprint density at radius 3 is 2.57 bits per heavy atom.